The monoisotopic (exact) mass is 462 g/mol. The first-order chi connectivity index (χ1) is 15.2. The first-order valence-corrected chi connectivity index (χ1v) is 14.6. The molecule has 0 bridgehead atoms. The van der Waals surface area contributed by atoms with Gasteiger partial charge in [0.1, 0.15) is 0 Å². The second kappa shape index (κ2) is 7.81. The first-order valence-electron chi connectivity index (χ1n) is 10.5. The van der Waals surface area contributed by atoms with Crippen molar-refractivity contribution in [2.24, 2.45) is 0 Å². The number of hydrogen-bond donors (Lipinski definition) is 0. The van der Waals surface area contributed by atoms with Crippen molar-refractivity contribution in [3.63, 3.8) is 0 Å². The molecule has 0 N–H and O–H groups in total. The quantitative estimate of drug-likeness (QED) is 0.403. The van der Waals surface area contributed by atoms with Gasteiger partial charge in [-0.2, -0.15) is 0 Å². The molecule has 0 aromatic heterocycles. The van der Waals surface area contributed by atoms with E-state index in [1.54, 1.807) is 13.8 Å². The van der Waals surface area contributed by atoms with Crippen LogP contribution < -0.4 is 0 Å². The van der Waals surface area contributed by atoms with Crippen LogP contribution in [0.15, 0.2) is 94.9 Å². The van der Waals surface area contributed by atoms with Gasteiger partial charge in [0.2, 0.25) is 0 Å². The number of benzene rings is 2. The molecule has 0 amide bonds. The molecule has 0 aliphatic heterocycles. The summed E-state index contributed by atoms with van der Waals surface area (Å²) in [4.78, 5) is 30.8. The fraction of sp³-hybridized carbons (Fsp3) is 0.148. The Labute approximate surface area is 189 Å². The topological polar surface area (TPSA) is 52.6 Å². The van der Waals surface area contributed by atoms with Gasteiger partial charge in [-0.15, -0.1) is 0 Å². The zero-order valence-electron chi connectivity index (χ0n) is 18.4. The molecule has 2 aromatic rings. The van der Waals surface area contributed by atoms with Gasteiger partial charge in [-0.25, -0.2) is 0 Å². The van der Waals surface area contributed by atoms with Gasteiger partial charge in [-0.05, 0) is 0 Å². The third-order valence-electron chi connectivity index (χ3n) is 6.19. The number of hydrogen-bond acceptors (Lipinski definition) is 4. The van der Waals surface area contributed by atoms with Gasteiger partial charge in [0.25, 0.3) is 0 Å². The molecule has 162 valence electrons. The standard InChI is InChI=1S/C13H9.C5H5.2C4H6O2.CH2.Ti/c1-3-7-12-10(5-1)9-11-6-2-4-8-13(11)12;1-2-4-5-3-1;2*1-3(2)4(5)6;;/h1-9H;1-3H,4H2;2*1H2,2H3,(H,5,6);1H2;/q;;;;;+2/p-2. The Morgan fingerprint density at radius 2 is 1.34 bits per heavy atom. The Kier molecular flexibility index (Phi) is 5.40. The summed E-state index contributed by atoms with van der Waals surface area (Å²) in [6.45, 7) is 10.7. The van der Waals surface area contributed by atoms with Crippen molar-refractivity contribution < 1.29 is 31.8 Å². The molecule has 0 spiro atoms. The van der Waals surface area contributed by atoms with Crippen LogP contribution in [0.25, 0.3) is 11.1 Å². The van der Waals surface area contributed by atoms with Crippen LogP contribution in [0.5, 0.6) is 0 Å². The maximum atomic E-state index is 13.1. The van der Waals surface area contributed by atoms with E-state index in [0.717, 1.165) is 26.1 Å². The van der Waals surface area contributed by atoms with Crippen LogP contribution >= 0.6 is 0 Å². The summed E-state index contributed by atoms with van der Waals surface area (Å²) in [7, 11) is 0. The van der Waals surface area contributed by atoms with E-state index in [2.05, 4.69) is 18.0 Å². The van der Waals surface area contributed by atoms with E-state index < -0.39 is 31.8 Å². The molecule has 2 aliphatic carbocycles. The number of allylic oxidation sites excluding steroid dienone is 4. The normalized spacial score (nSPS) is 14.9. The van der Waals surface area contributed by atoms with Crippen LogP contribution in [-0.4, -0.2) is 16.8 Å². The third-order valence-corrected chi connectivity index (χ3v) is 13.7. The SMILES string of the molecule is C=C(C)C(=O)[O][Ti](=[CH2])([O]C(=O)C(=C)C)([C]1=CC=CC1)[CH]1c2ccccc2-c2ccccc21. The average Bonchev–Trinajstić information content (AvgIpc) is 3.41. The van der Waals surface area contributed by atoms with E-state index in [1.807, 2.05) is 66.8 Å². The molecule has 0 unspecified atom stereocenters. The molecular weight excluding hydrogens is 436 g/mol. The Hall–Kier alpha value is -3.08. The van der Waals surface area contributed by atoms with Crippen LogP contribution in [-0.2, 0) is 31.8 Å². The predicted octanol–water partition coefficient (Wildman–Crippen LogP) is 5.79. The molecule has 2 aliphatic rings. The molecule has 32 heavy (non-hydrogen) atoms. The van der Waals surface area contributed by atoms with Gasteiger partial charge in [0.05, 0.1) is 0 Å². The minimum absolute atomic E-state index is 0.224. The summed E-state index contributed by atoms with van der Waals surface area (Å²) >= 11 is -5.44. The Morgan fingerprint density at radius 1 is 0.875 bits per heavy atom. The summed E-state index contributed by atoms with van der Waals surface area (Å²) < 4.78 is 12.9. The fourth-order valence-corrected chi connectivity index (χ4v) is 12.2. The summed E-state index contributed by atoms with van der Waals surface area (Å²) in [6.07, 6.45) is 6.22. The summed E-state index contributed by atoms with van der Waals surface area (Å²) in [5, 5.41) is 0. The summed E-state index contributed by atoms with van der Waals surface area (Å²) in [5.41, 5.74) is 4.38. The maximum absolute atomic E-state index is 13.1. The van der Waals surface area contributed by atoms with Crippen molar-refractivity contribution >= 4 is 16.8 Å². The molecule has 0 radical (unpaired) electrons. The molecule has 5 heteroatoms. The van der Waals surface area contributed by atoms with Crippen LogP contribution in [0.3, 0.4) is 0 Å². The van der Waals surface area contributed by atoms with Crippen molar-refractivity contribution in [2.75, 3.05) is 0 Å². The molecule has 4 nitrogen and oxygen atoms in total. The van der Waals surface area contributed by atoms with Crippen molar-refractivity contribution in [3.05, 3.63) is 106 Å². The van der Waals surface area contributed by atoms with Crippen molar-refractivity contribution in [1.29, 1.82) is 0 Å². The van der Waals surface area contributed by atoms with Crippen molar-refractivity contribution in [1.82, 2.24) is 0 Å². The molecule has 4 rings (SSSR count). The first kappa shape index (κ1) is 22.1. The van der Waals surface area contributed by atoms with Gasteiger partial charge in [-0.1, -0.05) is 0 Å². The Morgan fingerprint density at radius 3 is 1.75 bits per heavy atom. The van der Waals surface area contributed by atoms with Crippen LogP contribution in [0.2, 0.25) is 0 Å². The molecule has 0 fully saturated rings. The number of rotatable bonds is 6. The Bertz CT molecular complexity index is 1230. The molecule has 0 heterocycles. The molecule has 0 saturated heterocycles. The summed E-state index contributed by atoms with van der Waals surface area (Å²) in [5.74, 6) is -1.22. The van der Waals surface area contributed by atoms with Crippen LogP contribution in [0.1, 0.15) is 35.6 Å². The Balaban J connectivity index is 2.09. The minimum atomic E-state index is -5.44. The average molecular weight is 462 g/mol. The van der Waals surface area contributed by atoms with Crippen molar-refractivity contribution in [2.45, 2.75) is 24.5 Å². The van der Waals surface area contributed by atoms with Gasteiger partial charge in [0, 0.05) is 0 Å². The van der Waals surface area contributed by atoms with Crippen molar-refractivity contribution in [3.8, 4) is 11.1 Å². The predicted molar refractivity (Wildman–Crippen MR) is 124 cm³/mol. The van der Waals surface area contributed by atoms with E-state index in [0.29, 0.717) is 6.42 Å². The van der Waals surface area contributed by atoms with Gasteiger partial charge >= 0.3 is 190 Å². The number of fused-ring (bicyclic) bond motifs is 3. The fourth-order valence-electron chi connectivity index (χ4n) is 4.66. The molecule has 0 atom stereocenters. The molecule has 2 aromatic carbocycles. The number of carbonyl (C=O) groups excluding carboxylic acids is 2. The third kappa shape index (κ3) is 3.31. The van der Waals surface area contributed by atoms with Crippen LogP contribution in [0, 0.1) is 0 Å². The summed E-state index contributed by atoms with van der Waals surface area (Å²) in [6, 6.07) is 15.9. The molecular formula is C27H26O4Ti. The van der Waals surface area contributed by atoms with Crippen LogP contribution in [0.4, 0.5) is 0 Å². The second-order valence-electron chi connectivity index (χ2n) is 8.61. The van der Waals surface area contributed by atoms with E-state index in [-0.39, 0.29) is 11.1 Å². The van der Waals surface area contributed by atoms with E-state index in [4.69, 9.17) is 6.64 Å². The zero-order chi connectivity index (χ0) is 23.1. The number of carbonyl (C=O) groups is 2. The van der Waals surface area contributed by atoms with Gasteiger partial charge < -0.3 is 0 Å². The van der Waals surface area contributed by atoms with Gasteiger partial charge in [0.15, 0.2) is 0 Å². The van der Waals surface area contributed by atoms with E-state index in [9.17, 15) is 9.59 Å². The van der Waals surface area contributed by atoms with E-state index in [1.165, 1.54) is 0 Å². The second-order valence-corrected chi connectivity index (χ2v) is 15.3. The van der Waals surface area contributed by atoms with Gasteiger partial charge in [-0.3, -0.25) is 0 Å². The molecule has 0 saturated carbocycles. The van der Waals surface area contributed by atoms with E-state index >= 15 is 0 Å². The zero-order valence-corrected chi connectivity index (χ0v) is 20.0.